The average molecular weight is 269 g/mol. The molecule has 0 spiro atoms. The lowest BCUT2D eigenvalue weighted by Gasteiger charge is -2.09. The summed E-state index contributed by atoms with van der Waals surface area (Å²) in [6.45, 7) is 4.11. The number of hydrogen-bond acceptors (Lipinski definition) is 2. The summed E-state index contributed by atoms with van der Waals surface area (Å²) in [6.07, 6.45) is 0.275. The Balaban J connectivity index is 2.33. The summed E-state index contributed by atoms with van der Waals surface area (Å²) in [7, 11) is 0. The second-order valence-electron chi connectivity index (χ2n) is 4.24. The summed E-state index contributed by atoms with van der Waals surface area (Å²) in [5, 5.41) is 6.02. The lowest BCUT2D eigenvalue weighted by Crippen LogP contribution is -2.34. The second-order valence-corrected chi connectivity index (χ2v) is 4.67. The van der Waals surface area contributed by atoms with E-state index in [1.54, 1.807) is 24.3 Å². The van der Waals surface area contributed by atoms with Crippen molar-refractivity contribution in [3.05, 3.63) is 34.9 Å². The van der Waals surface area contributed by atoms with Crippen LogP contribution in [0, 0.1) is 0 Å². The zero-order valence-corrected chi connectivity index (χ0v) is 11.3. The van der Waals surface area contributed by atoms with Gasteiger partial charge in [-0.05, 0) is 38.1 Å². The SMILES string of the molecule is CC(C)NC(=O)CCNC(=O)c1ccc(Cl)cc1. The average Bonchev–Trinajstić information content (AvgIpc) is 2.28. The van der Waals surface area contributed by atoms with Gasteiger partial charge in [0.2, 0.25) is 5.91 Å². The van der Waals surface area contributed by atoms with Gasteiger partial charge in [-0.2, -0.15) is 0 Å². The first-order valence-corrected chi connectivity index (χ1v) is 6.20. The molecule has 2 amide bonds. The molecule has 0 heterocycles. The first-order chi connectivity index (χ1) is 8.49. The Bertz CT molecular complexity index is 416. The summed E-state index contributed by atoms with van der Waals surface area (Å²) in [5.74, 6) is -0.273. The maximum atomic E-state index is 11.7. The van der Waals surface area contributed by atoms with Crippen LogP contribution in [0.4, 0.5) is 0 Å². The van der Waals surface area contributed by atoms with E-state index >= 15 is 0 Å². The molecule has 0 aliphatic carbocycles. The van der Waals surface area contributed by atoms with Gasteiger partial charge in [0.1, 0.15) is 0 Å². The molecule has 0 aromatic heterocycles. The fourth-order valence-corrected chi connectivity index (χ4v) is 1.51. The molecule has 0 aliphatic rings. The molecule has 0 bridgehead atoms. The van der Waals surface area contributed by atoms with Gasteiger partial charge in [-0.25, -0.2) is 0 Å². The number of halogens is 1. The molecule has 0 atom stereocenters. The first-order valence-electron chi connectivity index (χ1n) is 5.82. The molecular weight excluding hydrogens is 252 g/mol. The van der Waals surface area contributed by atoms with E-state index in [4.69, 9.17) is 11.6 Å². The van der Waals surface area contributed by atoms with Gasteiger partial charge in [0.15, 0.2) is 0 Å². The van der Waals surface area contributed by atoms with Gasteiger partial charge < -0.3 is 10.6 Å². The predicted molar refractivity (Wildman–Crippen MR) is 71.7 cm³/mol. The number of rotatable bonds is 5. The lowest BCUT2D eigenvalue weighted by atomic mass is 10.2. The summed E-state index contributed by atoms with van der Waals surface area (Å²) in [5.41, 5.74) is 0.531. The molecule has 98 valence electrons. The van der Waals surface area contributed by atoms with Crippen LogP contribution in [-0.2, 0) is 4.79 Å². The number of benzene rings is 1. The molecule has 0 aliphatic heterocycles. The molecule has 18 heavy (non-hydrogen) atoms. The van der Waals surface area contributed by atoms with Crippen molar-refractivity contribution in [2.75, 3.05) is 6.54 Å². The zero-order valence-electron chi connectivity index (χ0n) is 10.5. The highest BCUT2D eigenvalue weighted by molar-refractivity contribution is 6.30. The molecule has 0 fully saturated rings. The maximum absolute atomic E-state index is 11.7. The lowest BCUT2D eigenvalue weighted by molar-refractivity contribution is -0.121. The van der Waals surface area contributed by atoms with Crippen molar-refractivity contribution in [3.8, 4) is 0 Å². The van der Waals surface area contributed by atoms with Crippen molar-refractivity contribution in [1.29, 1.82) is 0 Å². The predicted octanol–water partition coefficient (Wildman–Crippen LogP) is 1.98. The van der Waals surface area contributed by atoms with E-state index in [9.17, 15) is 9.59 Å². The van der Waals surface area contributed by atoms with Crippen LogP contribution < -0.4 is 10.6 Å². The van der Waals surface area contributed by atoms with Crippen LogP contribution in [0.5, 0.6) is 0 Å². The van der Waals surface area contributed by atoms with E-state index in [0.29, 0.717) is 17.1 Å². The molecule has 0 saturated heterocycles. The van der Waals surface area contributed by atoms with E-state index in [2.05, 4.69) is 10.6 Å². The standard InChI is InChI=1S/C13H17ClN2O2/c1-9(2)16-12(17)7-8-15-13(18)10-3-5-11(14)6-4-10/h3-6,9H,7-8H2,1-2H3,(H,15,18)(H,16,17). The van der Waals surface area contributed by atoms with Crippen LogP contribution in [0.3, 0.4) is 0 Å². The van der Waals surface area contributed by atoms with E-state index in [0.717, 1.165) is 0 Å². The van der Waals surface area contributed by atoms with E-state index < -0.39 is 0 Å². The summed E-state index contributed by atoms with van der Waals surface area (Å²) < 4.78 is 0. The Labute approximate surface area is 112 Å². The maximum Gasteiger partial charge on any atom is 0.251 e. The van der Waals surface area contributed by atoms with Gasteiger partial charge in [0, 0.05) is 29.6 Å². The van der Waals surface area contributed by atoms with Crippen LogP contribution >= 0.6 is 11.6 Å². The fraction of sp³-hybridized carbons (Fsp3) is 0.385. The number of amides is 2. The Kier molecular flexibility index (Phi) is 5.65. The Hall–Kier alpha value is -1.55. The van der Waals surface area contributed by atoms with Gasteiger partial charge in [0.05, 0.1) is 0 Å². The van der Waals surface area contributed by atoms with Crippen molar-refractivity contribution in [1.82, 2.24) is 10.6 Å². The van der Waals surface area contributed by atoms with Crippen LogP contribution in [0.25, 0.3) is 0 Å². The smallest absolute Gasteiger partial charge is 0.251 e. The quantitative estimate of drug-likeness (QED) is 0.858. The molecule has 1 rings (SSSR count). The zero-order chi connectivity index (χ0) is 13.5. The molecule has 1 aromatic rings. The third-order valence-electron chi connectivity index (χ3n) is 2.19. The highest BCUT2D eigenvalue weighted by atomic mass is 35.5. The minimum absolute atomic E-state index is 0.0681. The minimum Gasteiger partial charge on any atom is -0.354 e. The second kappa shape index (κ2) is 7.01. The summed E-state index contributed by atoms with van der Waals surface area (Å²) >= 11 is 5.73. The molecule has 0 radical (unpaired) electrons. The number of carbonyl (C=O) groups is 2. The van der Waals surface area contributed by atoms with Gasteiger partial charge in [0.25, 0.3) is 5.91 Å². The highest BCUT2D eigenvalue weighted by Gasteiger charge is 2.07. The largest absolute Gasteiger partial charge is 0.354 e. The van der Waals surface area contributed by atoms with Crippen molar-refractivity contribution in [3.63, 3.8) is 0 Å². The third-order valence-corrected chi connectivity index (χ3v) is 2.45. The minimum atomic E-state index is -0.205. The van der Waals surface area contributed by atoms with Crippen LogP contribution in [-0.4, -0.2) is 24.4 Å². The van der Waals surface area contributed by atoms with E-state index in [-0.39, 0.29) is 24.3 Å². The van der Waals surface area contributed by atoms with E-state index in [1.165, 1.54) is 0 Å². The topological polar surface area (TPSA) is 58.2 Å². The van der Waals surface area contributed by atoms with Crippen LogP contribution in [0.1, 0.15) is 30.6 Å². The molecule has 0 unspecified atom stereocenters. The Morgan fingerprint density at radius 3 is 2.39 bits per heavy atom. The monoisotopic (exact) mass is 268 g/mol. The normalized spacial score (nSPS) is 10.2. The molecule has 5 heteroatoms. The molecule has 2 N–H and O–H groups in total. The van der Waals surface area contributed by atoms with Gasteiger partial charge in [-0.15, -0.1) is 0 Å². The van der Waals surface area contributed by atoms with Crippen LogP contribution in [0.15, 0.2) is 24.3 Å². The van der Waals surface area contributed by atoms with Crippen molar-refractivity contribution < 1.29 is 9.59 Å². The van der Waals surface area contributed by atoms with Crippen molar-refractivity contribution >= 4 is 23.4 Å². The summed E-state index contributed by atoms with van der Waals surface area (Å²) in [4.78, 5) is 23.0. The van der Waals surface area contributed by atoms with E-state index in [1.807, 2.05) is 13.8 Å². The summed E-state index contributed by atoms with van der Waals surface area (Å²) in [6, 6.07) is 6.71. The van der Waals surface area contributed by atoms with Gasteiger partial charge in [-0.3, -0.25) is 9.59 Å². The van der Waals surface area contributed by atoms with Gasteiger partial charge >= 0.3 is 0 Å². The number of hydrogen-bond donors (Lipinski definition) is 2. The number of carbonyl (C=O) groups excluding carboxylic acids is 2. The first kappa shape index (κ1) is 14.5. The van der Waals surface area contributed by atoms with Crippen molar-refractivity contribution in [2.24, 2.45) is 0 Å². The number of nitrogens with one attached hydrogen (secondary N) is 2. The fourth-order valence-electron chi connectivity index (χ4n) is 1.39. The molecular formula is C13H17ClN2O2. The van der Waals surface area contributed by atoms with Gasteiger partial charge in [-0.1, -0.05) is 11.6 Å². The Morgan fingerprint density at radius 2 is 1.83 bits per heavy atom. The van der Waals surface area contributed by atoms with Crippen LogP contribution in [0.2, 0.25) is 5.02 Å². The van der Waals surface area contributed by atoms with Crippen molar-refractivity contribution in [2.45, 2.75) is 26.3 Å². The molecule has 4 nitrogen and oxygen atoms in total. The highest BCUT2D eigenvalue weighted by Crippen LogP contribution is 2.09. The third kappa shape index (κ3) is 5.19. The Morgan fingerprint density at radius 1 is 1.22 bits per heavy atom. The molecule has 1 aromatic carbocycles. The molecule has 0 saturated carbocycles.